The number of aromatic nitrogens is 2. The summed E-state index contributed by atoms with van der Waals surface area (Å²) in [7, 11) is 0. The highest BCUT2D eigenvalue weighted by molar-refractivity contribution is 6.30. The number of benzene rings is 1. The molecule has 0 radical (unpaired) electrons. The lowest BCUT2D eigenvalue weighted by Crippen LogP contribution is -2.46. The molecule has 1 aliphatic carbocycles. The highest BCUT2D eigenvalue weighted by Gasteiger charge is 2.50. The first-order valence-electron chi connectivity index (χ1n) is 8.80. The number of rotatable bonds is 3. The molecule has 4 rings (SSSR count). The van der Waals surface area contributed by atoms with Crippen LogP contribution in [0.3, 0.4) is 0 Å². The van der Waals surface area contributed by atoms with E-state index >= 15 is 0 Å². The smallest absolute Gasteiger partial charge is 0.325 e. The molecule has 2 aliphatic rings. The van der Waals surface area contributed by atoms with Crippen molar-refractivity contribution in [3.63, 3.8) is 0 Å². The molecule has 0 bridgehead atoms. The Labute approximate surface area is 155 Å². The standard InChI is InChI=1S/C18H19ClN4O3/c19-13-7-5-12(6-8-13)15-20-14(22-26-15)11-23-16(24)18(21-17(23)25)9-3-1-2-4-10-18/h5-8H,1-4,9-11H2,(H,21,25). The topological polar surface area (TPSA) is 88.3 Å². The molecule has 1 saturated carbocycles. The van der Waals surface area contributed by atoms with Gasteiger partial charge in [-0.3, -0.25) is 9.69 Å². The van der Waals surface area contributed by atoms with Crippen molar-refractivity contribution in [1.82, 2.24) is 20.4 Å². The molecule has 1 spiro atoms. The van der Waals surface area contributed by atoms with Crippen LogP contribution in [0.25, 0.3) is 11.5 Å². The highest BCUT2D eigenvalue weighted by Crippen LogP contribution is 2.33. The normalized spacial score (nSPS) is 19.7. The van der Waals surface area contributed by atoms with E-state index in [4.69, 9.17) is 16.1 Å². The second-order valence-corrected chi connectivity index (χ2v) is 7.28. The number of amides is 3. The molecule has 1 aromatic carbocycles. The first-order valence-corrected chi connectivity index (χ1v) is 9.18. The number of carbonyl (C=O) groups is 2. The summed E-state index contributed by atoms with van der Waals surface area (Å²) >= 11 is 5.88. The van der Waals surface area contributed by atoms with Crippen molar-refractivity contribution < 1.29 is 14.1 Å². The van der Waals surface area contributed by atoms with Gasteiger partial charge in [0.25, 0.3) is 11.8 Å². The molecule has 2 fully saturated rings. The third-order valence-corrected chi connectivity index (χ3v) is 5.31. The minimum Gasteiger partial charge on any atom is -0.334 e. The fourth-order valence-electron chi connectivity index (χ4n) is 3.66. The van der Waals surface area contributed by atoms with Crippen LogP contribution in [0.15, 0.2) is 28.8 Å². The predicted octanol–water partition coefficient (Wildman–Crippen LogP) is 3.53. The summed E-state index contributed by atoms with van der Waals surface area (Å²) in [5, 5.41) is 7.43. The van der Waals surface area contributed by atoms with Crippen molar-refractivity contribution in [3.8, 4) is 11.5 Å². The first kappa shape index (κ1) is 17.0. The molecule has 8 heteroatoms. The molecule has 0 atom stereocenters. The quantitative estimate of drug-likeness (QED) is 0.830. The van der Waals surface area contributed by atoms with Gasteiger partial charge in [-0.25, -0.2) is 4.79 Å². The van der Waals surface area contributed by atoms with Gasteiger partial charge in [-0.05, 0) is 37.1 Å². The van der Waals surface area contributed by atoms with Gasteiger partial charge >= 0.3 is 6.03 Å². The summed E-state index contributed by atoms with van der Waals surface area (Å²) in [4.78, 5) is 30.8. The molecule has 1 saturated heterocycles. The summed E-state index contributed by atoms with van der Waals surface area (Å²) in [6, 6.07) is 6.62. The molecule has 136 valence electrons. The number of nitrogens with zero attached hydrogens (tertiary/aromatic N) is 3. The van der Waals surface area contributed by atoms with Crippen molar-refractivity contribution in [2.45, 2.75) is 50.6 Å². The van der Waals surface area contributed by atoms with Crippen LogP contribution in [-0.4, -0.2) is 32.5 Å². The molecule has 1 N–H and O–H groups in total. The van der Waals surface area contributed by atoms with Gasteiger partial charge in [-0.2, -0.15) is 4.98 Å². The van der Waals surface area contributed by atoms with Crippen LogP contribution in [0.1, 0.15) is 44.3 Å². The number of imide groups is 1. The van der Waals surface area contributed by atoms with Crippen LogP contribution in [-0.2, 0) is 11.3 Å². The summed E-state index contributed by atoms with van der Waals surface area (Å²) in [6.45, 7) is 0.00348. The Kier molecular flexibility index (Phi) is 4.40. The maximum atomic E-state index is 12.9. The fourth-order valence-corrected chi connectivity index (χ4v) is 3.79. The van der Waals surface area contributed by atoms with Crippen molar-refractivity contribution >= 4 is 23.5 Å². The van der Waals surface area contributed by atoms with Gasteiger partial charge in [0, 0.05) is 10.6 Å². The van der Waals surface area contributed by atoms with Crippen LogP contribution >= 0.6 is 11.6 Å². The Balaban J connectivity index is 1.51. The fraction of sp³-hybridized carbons (Fsp3) is 0.444. The average Bonchev–Trinajstić information content (AvgIpc) is 3.08. The second-order valence-electron chi connectivity index (χ2n) is 6.84. The maximum Gasteiger partial charge on any atom is 0.325 e. The van der Waals surface area contributed by atoms with Crippen LogP contribution in [0.2, 0.25) is 5.02 Å². The molecule has 2 aromatic rings. The van der Waals surface area contributed by atoms with E-state index in [2.05, 4.69) is 15.5 Å². The molecule has 3 amide bonds. The van der Waals surface area contributed by atoms with E-state index in [9.17, 15) is 9.59 Å². The zero-order valence-electron chi connectivity index (χ0n) is 14.2. The molecule has 1 aliphatic heterocycles. The molecule has 7 nitrogen and oxygen atoms in total. The van der Waals surface area contributed by atoms with Gasteiger partial charge in [0.1, 0.15) is 5.54 Å². The van der Waals surface area contributed by atoms with E-state index in [1.807, 2.05) is 0 Å². The summed E-state index contributed by atoms with van der Waals surface area (Å²) in [5.41, 5.74) is -0.0262. The van der Waals surface area contributed by atoms with Gasteiger partial charge in [0.05, 0.1) is 6.54 Å². The summed E-state index contributed by atoms with van der Waals surface area (Å²) < 4.78 is 5.25. The number of carbonyl (C=O) groups excluding carboxylic acids is 2. The maximum absolute atomic E-state index is 12.9. The zero-order chi connectivity index (χ0) is 18.1. The Morgan fingerprint density at radius 1 is 1.12 bits per heavy atom. The van der Waals surface area contributed by atoms with Crippen LogP contribution in [0.5, 0.6) is 0 Å². The number of urea groups is 1. The number of hydrogen-bond acceptors (Lipinski definition) is 5. The lowest BCUT2D eigenvalue weighted by molar-refractivity contribution is -0.132. The van der Waals surface area contributed by atoms with E-state index in [0.717, 1.165) is 31.2 Å². The molecule has 0 unspecified atom stereocenters. The molecular formula is C18H19ClN4O3. The van der Waals surface area contributed by atoms with E-state index < -0.39 is 5.54 Å². The van der Waals surface area contributed by atoms with Gasteiger partial charge < -0.3 is 9.84 Å². The lowest BCUT2D eigenvalue weighted by Gasteiger charge is -2.24. The Hall–Kier alpha value is -2.41. The Morgan fingerprint density at radius 2 is 1.81 bits per heavy atom. The third-order valence-electron chi connectivity index (χ3n) is 5.06. The van der Waals surface area contributed by atoms with Crippen LogP contribution in [0, 0.1) is 0 Å². The van der Waals surface area contributed by atoms with Crippen molar-refractivity contribution in [2.24, 2.45) is 0 Å². The SMILES string of the molecule is O=C1NC2(CCCCCC2)C(=O)N1Cc1noc(-c2ccc(Cl)cc2)n1. The van der Waals surface area contributed by atoms with Crippen molar-refractivity contribution in [1.29, 1.82) is 0 Å². The Morgan fingerprint density at radius 3 is 2.50 bits per heavy atom. The van der Waals surface area contributed by atoms with E-state index in [0.29, 0.717) is 29.6 Å². The molecule has 26 heavy (non-hydrogen) atoms. The molecule has 2 heterocycles. The highest BCUT2D eigenvalue weighted by atomic mass is 35.5. The number of hydrogen-bond donors (Lipinski definition) is 1. The van der Waals surface area contributed by atoms with Gasteiger partial charge in [0.15, 0.2) is 5.82 Å². The lowest BCUT2D eigenvalue weighted by atomic mass is 9.90. The first-order chi connectivity index (χ1) is 12.6. The molecular weight excluding hydrogens is 356 g/mol. The van der Waals surface area contributed by atoms with E-state index in [1.54, 1.807) is 24.3 Å². The van der Waals surface area contributed by atoms with Gasteiger partial charge in [-0.1, -0.05) is 42.4 Å². The van der Waals surface area contributed by atoms with E-state index in [1.165, 1.54) is 4.90 Å². The monoisotopic (exact) mass is 374 g/mol. The average molecular weight is 375 g/mol. The third kappa shape index (κ3) is 3.07. The Bertz CT molecular complexity index is 825. The predicted molar refractivity (Wildman–Crippen MR) is 94.3 cm³/mol. The van der Waals surface area contributed by atoms with E-state index in [-0.39, 0.29) is 18.5 Å². The van der Waals surface area contributed by atoms with Crippen LogP contribution in [0.4, 0.5) is 4.79 Å². The minimum absolute atomic E-state index is 0.00348. The second kappa shape index (κ2) is 6.72. The number of halogens is 1. The largest absolute Gasteiger partial charge is 0.334 e. The van der Waals surface area contributed by atoms with Crippen molar-refractivity contribution in [3.05, 3.63) is 35.1 Å². The van der Waals surface area contributed by atoms with Crippen LogP contribution < -0.4 is 5.32 Å². The van der Waals surface area contributed by atoms with Gasteiger partial charge in [-0.15, -0.1) is 0 Å². The molecule has 1 aromatic heterocycles. The van der Waals surface area contributed by atoms with Gasteiger partial charge in [0.2, 0.25) is 0 Å². The van der Waals surface area contributed by atoms with Crippen molar-refractivity contribution in [2.75, 3.05) is 0 Å². The minimum atomic E-state index is -0.754. The zero-order valence-corrected chi connectivity index (χ0v) is 15.0. The number of nitrogens with one attached hydrogen (secondary N) is 1. The summed E-state index contributed by atoms with van der Waals surface area (Å²) in [5.74, 6) is 0.444. The summed E-state index contributed by atoms with van der Waals surface area (Å²) in [6.07, 6.45) is 5.47.